The highest BCUT2D eigenvalue weighted by atomic mass is 35.5. The van der Waals surface area contributed by atoms with Crippen LogP contribution >= 0.6 is 11.6 Å². The number of carbonyl (C=O) groups excluding carboxylic acids is 1. The van der Waals surface area contributed by atoms with Crippen LogP contribution in [0.1, 0.15) is 21.7 Å². The summed E-state index contributed by atoms with van der Waals surface area (Å²) in [5.74, 6) is 0.0686. The Balaban J connectivity index is 1.87. The summed E-state index contributed by atoms with van der Waals surface area (Å²) in [7, 11) is 0. The van der Waals surface area contributed by atoms with Gasteiger partial charge in [0.1, 0.15) is 11.6 Å². The lowest BCUT2D eigenvalue weighted by atomic mass is 10.1. The fourth-order valence-electron chi connectivity index (χ4n) is 2.40. The van der Waals surface area contributed by atoms with Gasteiger partial charge < -0.3 is 9.32 Å². The van der Waals surface area contributed by atoms with Crippen molar-refractivity contribution < 1.29 is 13.6 Å². The standard InChI is InChI=1S/C19H15ClFNO2/c20-18-6-2-1-4-15(18)12-22(13-17-5-3-11-24-17)19(23)14-7-9-16(21)10-8-14/h1-11H,12-13H2. The molecule has 2 aromatic carbocycles. The first-order valence-corrected chi connectivity index (χ1v) is 7.82. The lowest BCUT2D eigenvalue weighted by Crippen LogP contribution is -2.30. The molecule has 0 atom stereocenters. The van der Waals surface area contributed by atoms with Crippen molar-refractivity contribution in [1.29, 1.82) is 0 Å². The van der Waals surface area contributed by atoms with Gasteiger partial charge in [0.2, 0.25) is 0 Å². The fourth-order valence-corrected chi connectivity index (χ4v) is 2.59. The Bertz CT molecular complexity index is 816. The molecule has 1 aromatic heterocycles. The predicted octanol–water partition coefficient (Wildman–Crippen LogP) is 4.91. The van der Waals surface area contributed by atoms with Crippen LogP contribution in [0.15, 0.2) is 71.3 Å². The van der Waals surface area contributed by atoms with Gasteiger partial charge in [-0.05, 0) is 48.0 Å². The SMILES string of the molecule is O=C(c1ccc(F)cc1)N(Cc1ccco1)Cc1ccccc1Cl. The van der Waals surface area contributed by atoms with Crippen LogP contribution in [-0.4, -0.2) is 10.8 Å². The van der Waals surface area contributed by atoms with Gasteiger partial charge in [0, 0.05) is 17.1 Å². The van der Waals surface area contributed by atoms with E-state index in [9.17, 15) is 9.18 Å². The molecule has 3 aromatic rings. The monoisotopic (exact) mass is 343 g/mol. The third kappa shape index (κ3) is 3.84. The molecule has 122 valence electrons. The highest BCUT2D eigenvalue weighted by Crippen LogP contribution is 2.20. The smallest absolute Gasteiger partial charge is 0.254 e. The number of rotatable bonds is 5. The fraction of sp³-hybridized carbons (Fsp3) is 0.105. The van der Waals surface area contributed by atoms with Gasteiger partial charge >= 0.3 is 0 Å². The lowest BCUT2D eigenvalue weighted by Gasteiger charge is -2.22. The molecule has 24 heavy (non-hydrogen) atoms. The van der Waals surface area contributed by atoms with E-state index in [1.165, 1.54) is 24.3 Å². The number of halogens is 2. The van der Waals surface area contributed by atoms with Gasteiger partial charge in [0.25, 0.3) is 5.91 Å². The Morgan fingerprint density at radius 3 is 2.42 bits per heavy atom. The molecule has 0 radical (unpaired) electrons. The summed E-state index contributed by atoms with van der Waals surface area (Å²) in [6, 6.07) is 16.4. The zero-order valence-corrected chi connectivity index (χ0v) is 13.5. The Morgan fingerprint density at radius 2 is 1.75 bits per heavy atom. The minimum absolute atomic E-state index is 0.216. The molecule has 0 fully saturated rings. The Morgan fingerprint density at radius 1 is 1.00 bits per heavy atom. The Labute approximate surface area is 144 Å². The highest BCUT2D eigenvalue weighted by molar-refractivity contribution is 6.31. The molecule has 0 aliphatic heterocycles. The van der Waals surface area contributed by atoms with Crippen LogP contribution in [0.5, 0.6) is 0 Å². The van der Waals surface area contributed by atoms with E-state index in [1.54, 1.807) is 29.4 Å². The van der Waals surface area contributed by atoms with Gasteiger partial charge in [-0.2, -0.15) is 0 Å². The van der Waals surface area contributed by atoms with Gasteiger partial charge in [-0.1, -0.05) is 29.8 Å². The second-order valence-corrected chi connectivity index (χ2v) is 5.75. The van der Waals surface area contributed by atoms with E-state index in [4.69, 9.17) is 16.0 Å². The quantitative estimate of drug-likeness (QED) is 0.659. The van der Waals surface area contributed by atoms with Crippen LogP contribution in [0.4, 0.5) is 4.39 Å². The summed E-state index contributed by atoms with van der Waals surface area (Å²) in [5.41, 5.74) is 1.25. The summed E-state index contributed by atoms with van der Waals surface area (Å²) >= 11 is 6.21. The maximum atomic E-state index is 13.1. The molecule has 1 heterocycles. The molecule has 0 N–H and O–H groups in total. The molecule has 0 aliphatic rings. The first-order valence-electron chi connectivity index (χ1n) is 7.44. The molecule has 0 saturated carbocycles. The van der Waals surface area contributed by atoms with Crippen molar-refractivity contribution in [2.75, 3.05) is 0 Å². The third-order valence-electron chi connectivity index (χ3n) is 3.62. The maximum Gasteiger partial charge on any atom is 0.254 e. The van der Waals surface area contributed by atoms with Crippen LogP contribution in [0.3, 0.4) is 0 Å². The largest absolute Gasteiger partial charge is 0.467 e. The average molecular weight is 344 g/mol. The molecule has 3 nitrogen and oxygen atoms in total. The summed E-state index contributed by atoms with van der Waals surface area (Å²) in [6.07, 6.45) is 1.56. The Hall–Kier alpha value is -2.59. The molecule has 3 rings (SSSR count). The number of amides is 1. The zero-order valence-electron chi connectivity index (χ0n) is 12.8. The van der Waals surface area contributed by atoms with Crippen LogP contribution in [0.2, 0.25) is 5.02 Å². The van der Waals surface area contributed by atoms with E-state index in [1.807, 2.05) is 18.2 Å². The average Bonchev–Trinajstić information content (AvgIpc) is 3.09. The van der Waals surface area contributed by atoms with E-state index in [0.717, 1.165) is 5.56 Å². The van der Waals surface area contributed by atoms with Crippen molar-refractivity contribution in [3.8, 4) is 0 Å². The number of hydrogen-bond donors (Lipinski definition) is 0. The summed E-state index contributed by atoms with van der Waals surface area (Å²) in [6.45, 7) is 0.630. The van der Waals surface area contributed by atoms with Crippen LogP contribution in [0.25, 0.3) is 0 Å². The van der Waals surface area contributed by atoms with E-state index in [0.29, 0.717) is 29.4 Å². The number of furan rings is 1. The summed E-state index contributed by atoms with van der Waals surface area (Å²) in [4.78, 5) is 14.4. The summed E-state index contributed by atoms with van der Waals surface area (Å²) < 4.78 is 18.4. The molecule has 0 bridgehead atoms. The molecule has 0 unspecified atom stereocenters. The number of carbonyl (C=O) groups is 1. The molecular formula is C19H15ClFNO2. The minimum atomic E-state index is -0.379. The normalized spacial score (nSPS) is 10.6. The highest BCUT2D eigenvalue weighted by Gasteiger charge is 2.19. The molecule has 0 aliphatic carbocycles. The number of hydrogen-bond acceptors (Lipinski definition) is 2. The van der Waals surface area contributed by atoms with Crippen LogP contribution in [-0.2, 0) is 13.1 Å². The second-order valence-electron chi connectivity index (χ2n) is 5.34. The molecule has 0 saturated heterocycles. The van der Waals surface area contributed by atoms with Crippen molar-refractivity contribution in [3.05, 3.63) is 94.7 Å². The first kappa shape index (κ1) is 16.3. The molecule has 0 spiro atoms. The predicted molar refractivity (Wildman–Crippen MR) is 90.1 cm³/mol. The number of benzene rings is 2. The molecule has 1 amide bonds. The van der Waals surface area contributed by atoms with Crippen molar-refractivity contribution >= 4 is 17.5 Å². The zero-order chi connectivity index (χ0) is 16.9. The third-order valence-corrected chi connectivity index (χ3v) is 3.99. The van der Waals surface area contributed by atoms with Gasteiger partial charge in [0.05, 0.1) is 12.8 Å². The topological polar surface area (TPSA) is 33.5 Å². The van der Waals surface area contributed by atoms with E-state index >= 15 is 0 Å². The van der Waals surface area contributed by atoms with Crippen molar-refractivity contribution in [1.82, 2.24) is 4.90 Å². The van der Waals surface area contributed by atoms with E-state index in [2.05, 4.69) is 0 Å². The van der Waals surface area contributed by atoms with Crippen molar-refractivity contribution in [3.63, 3.8) is 0 Å². The number of nitrogens with zero attached hydrogens (tertiary/aromatic N) is 1. The minimum Gasteiger partial charge on any atom is -0.467 e. The second kappa shape index (κ2) is 7.32. The van der Waals surface area contributed by atoms with Crippen LogP contribution < -0.4 is 0 Å². The lowest BCUT2D eigenvalue weighted by molar-refractivity contribution is 0.0717. The first-order chi connectivity index (χ1) is 11.6. The van der Waals surface area contributed by atoms with Gasteiger partial charge in [-0.3, -0.25) is 4.79 Å². The van der Waals surface area contributed by atoms with Crippen LogP contribution in [0, 0.1) is 5.82 Å². The van der Waals surface area contributed by atoms with E-state index < -0.39 is 0 Å². The van der Waals surface area contributed by atoms with Crippen molar-refractivity contribution in [2.45, 2.75) is 13.1 Å². The van der Waals surface area contributed by atoms with E-state index in [-0.39, 0.29) is 11.7 Å². The summed E-state index contributed by atoms with van der Waals surface area (Å²) in [5, 5.41) is 0.592. The molecule has 5 heteroatoms. The van der Waals surface area contributed by atoms with Gasteiger partial charge in [0.15, 0.2) is 0 Å². The molecular weight excluding hydrogens is 329 g/mol. The maximum absolute atomic E-state index is 13.1. The van der Waals surface area contributed by atoms with Gasteiger partial charge in [-0.15, -0.1) is 0 Å². The Kier molecular flexibility index (Phi) is 4.96. The van der Waals surface area contributed by atoms with Crippen molar-refractivity contribution in [2.24, 2.45) is 0 Å². The van der Waals surface area contributed by atoms with Gasteiger partial charge in [-0.25, -0.2) is 4.39 Å².